The number of nitrogens with one attached hydrogen (secondary N) is 1. The number of anilines is 1. The molecule has 1 unspecified atom stereocenters. The number of amides is 2. The van der Waals surface area contributed by atoms with Crippen molar-refractivity contribution >= 4 is 28.9 Å². The number of piperazine rings is 1. The molecule has 3 heterocycles. The van der Waals surface area contributed by atoms with E-state index in [1.54, 1.807) is 6.20 Å². The second kappa shape index (κ2) is 4.65. The lowest BCUT2D eigenvalue weighted by Crippen LogP contribution is -2.52. The zero-order valence-corrected chi connectivity index (χ0v) is 11.2. The number of hydrogen-bond acceptors (Lipinski definition) is 4. The molecule has 19 heavy (non-hydrogen) atoms. The van der Waals surface area contributed by atoms with Crippen LogP contribution in [0.5, 0.6) is 0 Å². The summed E-state index contributed by atoms with van der Waals surface area (Å²) in [6, 6.07) is 4.10. The molecule has 0 saturated carbocycles. The van der Waals surface area contributed by atoms with E-state index in [1.165, 1.54) is 0 Å². The fourth-order valence-electron chi connectivity index (χ4n) is 2.56. The van der Waals surface area contributed by atoms with Gasteiger partial charge >= 0.3 is 6.03 Å². The quantitative estimate of drug-likeness (QED) is 0.740. The van der Waals surface area contributed by atoms with Gasteiger partial charge < -0.3 is 20.9 Å². The first-order chi connectivity index (χ1) is 9.15. The van der Waals surface area contributed by atoms with Crippen LogP contribution in [0.25, 0.3) is 0 Å². The molecule has 1 aromatic heterocycles. The first-order valence-electron chi connectivity index (χ1n) is 6.20. The van der Waals surface area contributed by atoms with Crippen LogP contribution >= 0.6 is 12.2 Å². The number of nitrogens with zero attached hydrogens (tertiary/aromatic N) is 3. The average Bonchev–Trinajstić information content (AvgIpc) is 2.80. The van der Waals surface area contributed by atoms with Crippen molar-refractivity contribution in [3.8, 4) is 0 Å². The Morgan fingerprint density at radius 3 is 3.00 bits per heavy atom. The number of nitrogens with two attached hydrogens (primary N) is 1. The molecule has 2 aliphatic heterocycles. The largest absolute Gasteiger partial charge is 0.388 e. The lowest BCUT2D eigenvalue weighted by atomic mass is 10.2. The highest BCUT2D eigenvalue weighted by molar-refractivity contribution is 7.80. The average molecular weight is 277 g/mol. The third-order valence-corrected chi connectivity index (χ3v) is 3.81. The second-order valence-electron chi connectivity index (χ2n) is 4.75. The highest BCUT2D eigenvalue weighted by Crippen LogP contribution is 2.20. The van der Waals surface area contributed by atoms with Crippen LogP contribution < -0.4 is 16.0 Å². The van der Waals surface area contributed by atoms with E-state index in [0.29, 0.717) is 17.2 Å². The van der Waals surface area contributed by atoms with Crippen molar-refractivity contribution in [2.24, 2.45) is 5.73 Å². The number of aromatic nitrogens is 1. The molecule has 0 aromatic carbocycles. The molecule has 3 rings (SSSR count). The second-order valence-corrected chi connectivity index (χ2v) is 5.19. The van der Waals surface area contributed by atoms with Crippen LogP contribution in [0.3, 0.4) is 0 Å². The third kappa shape index (κ3) is 2.21. The van der Waals surface area contributed by atoms with Crippen LogP contribution in [0.1, 0.15) is 5.69 Å². The fraction of sp³-hybridized carbons (Fsp3) is 0.417. The van der Waals surface area contributed by atoms with Gasteiger partial charge in [0.05, 0.1) is 23.6 Å². The molecule has 6 nitrogen and oxygen atoms in total. The first-order valence-corrected chi connectivity index (χ1v) is 6.61. The predicted molar refractivity (Wildman–Crippen MR) is 76.2 cm³/mol. The number of urea groups is 1. The minimum atomic E-state index is 0.0478. The van der Waals surface area contributed by atoms with E-state index in [-0.39, 0.29) is 12.1 Å². The van der Waals surface area contributed by atoms with E-state index in [0.717, 1.165) is 25.3 Å². The van der Waals surface area contributed by atoms with Crippen LogP contribution in [0.4, 0.5) is 10.5 Å². The Labute approximate surface area is 116 Å². The molecule has 2 amide bonds. The molecule has 0 bridgehead atoms. The molecule has 1 aromatic rings. The Balaban J connectivity index is 1.73. The first kappa shape index (κ1) is 12.2. The molecule has 1 atom stereocenters. The van der Waals surface area contributed by atoms with E-state index in [4.69, 9.17) is 18.0 Å². The molecule has 0 radical (unpaired) electrons. The highest BCUT2D eigenvalue weighted by Gasteiger charge is 2.35. The number of carbonyl (C=O) groups is 1. The lowest BCUT2D eigenvalue weighted by molar-refractivity contribution is 0.197. The monoisotopic (exact) mass is 277 g/mol. The summed E-state index contributed by atoms with van der Waals surface area (Å²) < 4.78 is 0. The van der Waals surface area contributed by atoms with Crippen molar-refractivity contribution in [2.75, 3.05) is 31.1 Å². The van der Waals surface area contributed by atoms with Crippen molar-refractivity contribution in [2.45, 2.75) is 6.04 Å². The number of hydrogen-bond donors (Lipinski definition) is 2. The number of thiocarbonyl (C=S) groups is 1. The van der Waals surface area contributed by atoms with E-state index in [9.17, 15) is 4.79 Å². The van der Waals surface area contributed by atoms with Crippen molar-refractivity contribution in [1.29, 1.82) is 0 Å². The maximum Gasteiger partial charge on any atom is 0.317 e. The van der Waals surface area contributed by atoms with Gasteiger partial charge in [0.25, 0.3) is 0 Å². The predicted octanol–water partition coefficient (Wildman–Crippen LogP) is -0.0704. The summed E-state index contributed by atoms with van der Waals surface area (Å²) in [7, 11) is 0. The van der Waals surface area contributed by atoms with Gasteiger partial charge in [-0.05, 0) is 12.1 Å². The van der Waals surface area contributed by atoms with Crippen LogP contribution in [0, 0.1) is 0 Å². The Bertz CT molecular complexity index is 517. The van der Waals surface area contributed by atoms with Gasteiger partial charge in [-0.1, -0.05) is 12.2 Å². The van der Waals surface area contributed by atoms with Crippen molar-refractivity contribution < 1.29 is 4.79 Å². The Kier molecular flexibility index (Phi) is 2.98. The number of rotatable bonds is 2. The molecular formula is C12H15N5OS. The molecule has 7 heteroatoms. The summed E-state index contributed by atoms with van der Waals surface area (Å²) in [5, 5.41) is 2.87. The van der Waals surface area contributed by atoms with Gasteiger partial charge in [0.1, 0.15) is 4.99 Å². The van der Waals surface area contributed by atoms with Crippen molar-refractivity contribution in [3.05, 3.63) is 24.0 Å². The summed E-state index contributed by atoms with van der Waals surface area (Å²) in [6.07, 6.45) is 1.79. The summed E-state index contributed by atoms with van der Waals surface area (Å²) >= 11 is 4.89. The molecule has 2 fully saturated rings. The van der Waals surface area contributed by atoms with Gasteiger partial charge in [-0.3, -0.25) is 4.98 Å². The smallest absolute Gasteiger partial charge is 0.317 e. The Hall–Kier alpha value is -1.89. The van der Waals surface area contributed by atoms with Crippen LogP contribution in [0.2, 0.25) is 0 Å². The lowest BCUT2D eigenvalue weighted by Gasteiger charge is -2.37. The van der Waals surface area contributed by atoms with Gasteiger partial charge in [0.15, 0.2) is 0 Å². The summed E-state index contributed by atoms with van der Waals surface area (Å²) in [6.45, 7) is 3.10. The zero-order valence-electron chi connectivity index (χ0n) is 10.4. The summed E-state index contributed by atoms with van der Waals surface area (Å²) in [5.41, 5.74) is 7.21. The molecule has 2 aliphatic rings. The van der Waals surface area contributed by atoms with E-state index < -0.39 is 0 Å². The summed E-state index contributed by atoms with van der Waals surface area (Å²) in [4.78, 5) is 20.2. The molecule has 2 saturated heterocycles. The molecule has 0 aliphatic carbocycles. The third-order valence-electron chi connectivity index (χ3n) is 3.60. The minimum absolute atomic E-state index is 0.0478. The summed E-state index contributed by atoms with van der Waals surface area (Å²) in [5.74, 6) is 0. The van der Waals surface area contributed by atoms with E-state index in [2.05, 4.69) is 15.2 Å². The van der Waals surface area contributed by atoms with Crippen molar-refractivity contribution in [1.82, 2.24) is 15.2 Å². The van der Waals surface area contributed by atoms with E-state index >= 15 is 0 Å². The number of carbonyl (C=O) groups excluding carboxylic acids is 1. The fourth-order valence-corrected chi connectivity index (χ4v) is 2.68. The standard InChI is InChI=1S/C12H15N5OS/c13-11(19)10-2-1-8(5-14-10)16-3-4-17-9(7-16)6-15-12(17)18/h1-2,5,9H,3-4,6-7H2,(H2,13,19)(H,15,18). The minimum Gasteiger partial charge on any atom is -0.388 e. The SMILES string of the molecule is NC(=S)c1ccc(N2CCN3C(=O)NCC3C2)cn1. The zero-order chi connectivity index (χ0) is 13.4. The maximum atomic E-state index is 11.5. The normalized spacial score (nSPS) is 22.1. The van der Waals surface area contributed by atoms with Crippen LogP contribution in [-0.4, -0.2) is 53.1 Å². The highest BCUT2D eigenvalue weighted by atomic mass is 32.1. The Morgan fingerprint density at radius 2 is 2.32 bits per heavy atom. The van der Waals surface area contributed by atoms with Crippen molar-refractivity contribution in [3.63, 3.8) is 0 Å². The van der Waals surface area contributed by atoms with Crippen LogP contribution in [-0.2, 0) is 0 Å². The molecule has 100 valence electrons. The maximum absolute atomic E-state index is 11.5. The van der Waals surface area contributed by atoms with E-state index in [1.807, 2.05) is 17.0 Å². The van der Waals surface area contributed by atoms with Gasteiger partial charge in [-0.2, -0.15) is 0 Å². The molecule has 0 spiro atoms. The molecule has 3 N–H and O–H groups in total. The van der Waals surface area contributed by atoms with Gasteiger partial charge in [0.2, 0.25) is 0 Å². The Morgan fingerprint density at radius 1 is 1.47 bits per heavy atom. The van der Waals surface area contributed by atoms with Crippen LogP contribution in [0.15, 0.2) is 18.3 Å². The number of pyridine rings is 1. The van der Waals surface area contributed by atoms with Gasteiger partial charge in [0, 0.05) is 26.2 Å². The number of fused-ring (bicyclic) bond motifs is 1. The van der Waals surface area contributed by atoms with Gasteiger partial charge in [-0.15, -0.1) is 0 Å². The topological polar surface area (TPSA) is 74.5 Å². The van der Waals surface area contributed by atoms with Gasteiger partial charge in [-0.25, -0.2) is 4.79 Å². The molecular weight excluding hydrogens is 262 g/mol.